The van der Waals surface area contributed by atoms with Crippen molar-refractivity contribution in [1.82, 2.24) is 0 Å². The summed E-state index contributed by atoms with van der Waals surface area (Å²) >= 11 is 0. The third-order valence-electron chi connectivity index (χ3n) is 4.59. The highest BCUT2D eigenvalue weighted by Gasteiger charge is 2.39. The third kappa shape index (κ3) is 5.00. The number of aliphatic hydroxyl groups is 1. The smallest absolute Gasteiger partial charge is 0.491 e. The van der Waals surface area contributed by atoms with E-state index in [9.17, 15) is 10.1 Å². The molecule has 2 N–H and O–H groups in total. The molecule has 0 radical (unpaired) electrons. The Balaban J connectivity index is 2.12. The van der Waals surface area contributed by atoms with E-state index in [1.54, 1.807) is 53.0 Å². The zero-order chi connectivity index (χ0) is 19.4. The number of hydrogen-bond acceptors (Lipinski definition) is 5. The molecule has 0 spiro atoms. The Morgan fingerprint density at radius 1 is 0.962 bits per heavy atom. The van der Waals surface area contributed by atoms with Gasteiger partial charge in [0.25, 0.3) is 0 Å². The largest absolute Gasteiger partial charge is 0.493 e. The summed E-state index contributed by atoms with van der Waals surface area (Å²) < 4.78 is 16.9. The minimum absolute atomic E-state index is 0.418. The quantitative estimate of drug-likeness (QED) is 0.710. The standard InChI is InChI=1S/C20H27BO5/c1-19(2,22)20(3,4)26-21(23)16-11-12-17(18(13-16)24-5)25-14-15-9-7-6-8-10-15/h6-13,22-23H,14H2,1-5H3. The van der Waals surface area contributed by atoms with Crippen LogP contribution in [0.2, 0.25) is 0 Å². The fraction of sp³-hybridized carbons (Fsp3) is 0.400. The highest BCUT2D eigenvalue weighted by molar-refractivity contribution is 6.60. The molecule has 0 atom stereocenters. The van der Waals surface area contributed by atoms with Gasteiger partial charge in [-0.25, -0.2) is 0 Å². The maximum absolute atomic E-state index is 10.4. The maximum atomic E-state index is 10.4. The summed E-state index contributed by atoms with van der Waals surface area (Å²) in [5, 5.41) is 20.6. The molecule has 0 aromatic heterocycles. The Morgan fingerprint density at radius 3 is 2.19 bits per heavy atom. The molecular formula is C20H27BO5. The molecule has 0 saturated heterocycles. The van der Waals surface area contributed by atoms with Gasteiger partial charge in [-0.2, -0.15) is 0 Å². The summed E-state index contributed by atoms with van der Waals surface area (Å²) in [6, 6.07) is 15.0. The number of ether oxygens (including phenoxy) is 2. The molecule has 0 aliphatic carbocycles. The molecule has 0 unspecified atom stereocenters. The van der Waals surface area contributed by atoms with E-state index in [4.69, 9.17) is 14.1 Å². The minimum atomic E-state index is -1.20. The number of benzene rings is 2. The Labute approximate surface area is 155 Å². The van der Waals surface area contributed by atoms with Crippen LogP contribution in [0.25, 0.3) is 0 Å². The summed E-state index contributed by atoms with van der Waals surface area (Å²) in [5.41, 5.74) is -0.487. The fourth-order valence-corrected chi connectivity index (χ4v) is 2.18. The summed E-state index contributed by atoms with van der Waals surface area (Å²) in [5.74, 6) is 1.08. The van der Waals surface area contributed by atoms with Crippen molar-refractivity contribution in [3.63, 3.8) is 0 Å². The lowest BCUT2D eigenvalue weighted by molar-refractivity contribution is -0.0982. The van der Waals surface area contributed by atoms with E-state index in [1.165, 1.54) is 0 Å². The molecule has 0 fully saturated rings. The lowest BCUT2D eigenvalue weighted by Gasteiger charge is -2.38. The van der Waals surface area contributed by atoms with Crippen molar-refractivity contribution in [1.29, 1.82) is 0 Å². The lowest BCUT2D eigenvalue weighted by atomic mass is 9.76. The van der Waals surface area contributed by atoms with E-state index in [0.717, 1.165) is 5.56 Å². The van der Waals surface area contributed by atoms with Gasteiger partial charge >= 0.3 is 7.12 Å². The van der Waals surface area contributed by atoms with Crippen molar-refractivity contribution in [3.05, 3.63) is 54.1 Å². The average Bonchev–Trinajstić information content (AvgIpc) is 2.59. The van der Waals surface area contributed by atoms with Gasteiger partial charge in [0.05, 0.1) is 18.3 Å². The molecule has 6 heteroatoms. The Bertz CT molecular complexity index is 710. The molecule has 0 aliphatic rings. The normalized spacial score (nSPS) is 12.0. The van der Waals surface area contributed by atoms with Crippen LogP contribution in [0.3, 0.4) is 0 Å². The molecule has 0 aliphatic heterocycles. The molecule has 2 aromatic rings. The molecule has 5 nitrogen and oxygen atoms in total. The summed E-state index contributed by atoms with van der Waals surface area (Å²) in [7, 11) is 0.344. The van der Waals surface area contributed by atoms with Crippen LogP contribution in [0.15, 0.2) is 48.5 Å². The zero-order valence-corrected chi connectivity index (χ0v) is 16.0. The molecule has 26 heavy (non-hydrogen) atoms. The summed E-state index contributed by atoms with van der Waals surface area (Å²) in [6.07, 6.45) is 0. The molecule has 0 amide bonds. The van der Waals surface area contributed by atoms with E-state index >= 15 is 0 Å². The molecule has 140 valence electrons. The van der Waals surface area contributed by atoms with Gasteiger partial charge in [-0.15, -0.1) is 0 Å². The second-order valence-electron chi connectivity index (χ2n) is 7.22. The molecule has 2 rings (SSSR count). The van der Waals surface area contributed by atoms with E-state index < -0.39 is 18.3 Å². The lowest BCUT2D eigenvalue weighted by Crippen LogP contribution is -2.53. The first-order valence-electron chi connectivity index (χ1n) is 8.57. The predicted octanol–water partition coefficient (Wildman–Crippen LogP) is 2.53. The van der Waals surface area contributed by atoms with Gasteiger partial charge in [0.2, 0.25) is 0 Å². The van der Waals surface area contributed by atoms with Crippen LogP contribution in [-0.4, -0.2) is 35.6 Å². The van der Waals surface area contributed by atoms with Crippen molar-refractivity contribution < 1.29 is 24.3 Å². The Morgan fingerprint density at radius 2 is 1.62 bits per heavy atom. The van der Waals surface area contributed by atoms with Crippen LogP contribution in [0.4, 0.5) is 0 Å². The fourth-order valence-electron chi connectivity index (χ4n) is 2.18. The van der Waals surface area contributed by atoms with Crippen molar-refractivity contribution >= 4 is 12.6 Å². The van der Waals surface area contributed by atoms with Crippen LogP contribution in [0, 0.1) is 0 Å². The van der Waals surface area contributed by atoms with Gasteiger partial charge in [-0.05, 0) is 50.9 Å². The Hall–Kier alpha value is -2.02. The van der Waals surface area contributed by atoms with Gasteiger partial charge in [0, 0.05) is 0 Å². The van der Waals surface area contributed by atoms with E-state index in [-0.39, 0.29) is 0 Å². The number of hydrogen-bond donors (Lipinski definition) is 2. The van der Waals surface area contributed by atoms with Crippen LogP contribution < -0.4 is 14.9 Å². The van der Waals surface area contributed by atoms with Crippen molar-refractivity contribution in [2.24, 2.45) is 0 Å². The van der Waals surface area contributed by atoms with Crippen LogP contribution >= 0.6 is 0 Å². The second-order valence-corrected chi connectivity index (χ2v) is 7.22. The summed E-state index contributed by atoms with van der Waals surface area (Å²) in [6.45, 7) is 7.15. The first kappa shape index (κ1) is 20.3. The molecule has 0 bridgehead atoms. The number of rotatable bonds is 8. The molecular weight excluding hydrogens is 331 g/mol. The van der Waals surface area contributed by atoms with E-state index in [2.05, 4.69) is 0 Å². The van der Waals surface area contributed by atoms with Crippen molar-refractivity contribution in [2.45, 2.75) is 45.5 Å². The Kier molecular flexibility index (Phi) is 6.34. The van der Waals surface area contributed by atoms with Crippen molar-refractivity contribution in [3.8, 4) is 11.5 Å². The van der Waals surface area contributed by atoms with Gasteiger partial charge in [-0.1, -0.05) is 36.4 Å². The number of methoxy groups -OCH3 is 1. The molecule has 0 saturated carbocycles. The third-order valence-corrected chi connectivity index (χ3v) is 4.59. The van der Waals surface area contributed by atoms with E-state index in [0.29, 0.717) is 23.6 Å². The SMILES string of the molecule is COc1cc(B(O)OC(C)(C)C(C)(C)O)ccc1OCc1ccccc1. The van der Waals surface area contributed by atoms with Crippen LogP contribution in [0.1, 0.15) is 33.3 Å². The highest BCUT2D eigenvalue weighted by atomic mass is 16.5. The highest BCUT2D eigenvalue weighted by Crippen LogP contribution is 2.28. The molecule has 0 heterocycles. The second kappa shape index (κ2) is 8.12. The van der Waals surface area contributed by atoms with E-state index in [1.807, 2.05) is 30.3 Å². The zero-order valence-electron chi connectivity index (χ0n) is 16.0. The first-order valence-corrected chi connectivity index (χ1v) is 8.57. The predicted molar refractivity (Wildman–Crippen MR) is 103 cm³/mol. The topological polar surface area (TPSA) is 68.2 Å². The first-order chi connectivity index (χ1) is 12.1. The van der Waals surface area contributed by atoms with Crippen LogP contribution in [0.5, 0.6) is 11.5 Å². The minimum Gasteiger partial charge on any atom is -0.493 e. The van der Waals surface area contributed by atoms with Gasteiger partial charge in [0.15, 0.2) is 11.5 Å². The van der Waals surface area contributed by atoms with Crippen LogP contribution in [-0.2, 0) is 11.3 Å². The summed E-state index contributed by atoms with van der Waals surface area (Å²) in [4.78, 5) is 0. The van der Waals surface area contributed by atoms with Gasteiger partial charge < -0.3 is 24.3 Å². The average molecular weight is 358 g/mol. The van der Waals surface area contributed by atoms with Gasteiger partial charge in [0.1, 0.15) is 6.61 Å². The monoisotopic (exact) mass is 358 g/mol. The van der Waals surface area contributed by atoms with Gasteiger partial charge in [-0.3, -0.25) is 0 Å². The molecule has 2 aromatic carbocycles. The maximum Gasteiger partial charge on any atom is 0.491 e. The van der Waals surface area contributed by atoms with Crippen molar-refractivity contribution in [2.75, 3.05) is 7.11 Å².